The van der Waals surface area contributed by atoms with Crippen molar-refractivity contribution in [3.63, 3.8) is 0 Å². The Hall–Kier alpha value is -1.44. The zero-order valence-electron chi connectivity index (χ0n) is 15.2. The second kappa shape index (κ2) is 9.89. The fourth-order valence-corrected chi connectivity index (χ4v) is 3.96. The number of thiophene rings is 1. The Morgan fingerprint density at radius 1 is 1.32 bits per heavy atom. The van der Waals surface area contributed by atoms with Gasteiger partial charge in [0.15, 0.2) is 5.96 Å². The molecule has 138 valence electrons. The van der Waals surface area contributed by atoms with Crippen molar-refractivity contribution < 1.29 is 5.11 Å². The highest BCUT2D eigenvalue weighted by atomic mass is 32.1. The molecule has 5 nitrogen and oxygen atoms in total. The second-order valence-corrected chi connectivity index (χ2v) is 7.97. The molecule has 3 N–H and O–H groups in total. The third kappa shape index (κ3) is 6.76. The van der Waals surface area contributed by atoms with Crippen molar-refractivity contribution in [3.05, 3.63) is 38.5 Å². The number of aromatic nitrogens is 1. The molecule has 0 aliphatic rings. The number of aliphatic hydroxyl groups is 1. The highest BCUT2D eigenvalue weighted by Crippen LogP contribution is 2.23. The lowest BCUT2D eigenvalue weighted by Gasteiger charge is -2.21. The topological polar surface area (TPSA) is 69.5 Å². The number of rotatable bonds is 9. The SMILES string of the molecule is CCNC(=NCC(C)(O)c1ccsc1)NCCCCc1nc(C)cs1. The lowest BCUT2D eigenvalue weighted by atomic mass is 10.00. The van der Waals surface area contributed by atoms with E-state index in [1.807, 2.05) is 30.7 Å². The molecular weight excluding hydrogens is 352 g/mol. The number of nitrogens with zero attached hydrogens (tertiary/aromatic N) is 2. The largest absolute Gasteiger partial charge is 0.383 e. The number of guanidine groups is 1. The van der Waals surface area contributed by atoms with Gasteiger partial charge in [-0.3, -0.25) is 0 Å². The molecule has 0 fully saturated rings. The summed E-state index contributed by atoms with van der Waals surface area (Å²) in [5.74, 6) is 0.753. The van der Waals surface area contributed by atoms with Crippen LogP contribution in [0.2, 0.25) is 0 Å². The van der Waals surface area contributed by atoms with E-state index in [1.54, 1.807) is 29.6 Å². The van der Waals surface area contributed by atoms with Crippen LogP contribution in [0.5, 0.6) is 0 Å². The Kier molecular flexibility index (Phi) is 7.87. The fourth-order valence-electron chi connectivity index (χ4n) is 2.36. The van der Waals surface area contributed by atoms with Gasteiger partial charge in [-0.1, -0.05) is 0 Å². The van der Waals surface area contributed by atoms with Crippen LogP contribution in [0.15, 0.2) is 27.2 Å². The molecule has 0 saturated carbocycles. The molecule has 2 rings (SSSR count). The highest BCUT2D eigenvalue weighted by molar-refractivity contribution is 7.09. The van der Waals surface area contributed by atoms with Crippen molar-refractivity contribution in [1.82, 2.24) is 15.6 Å². The van der Waals surface area contributed by atoms with E-state index in [-0.39, 0.29) is 0 Å². The van der Waals surface area contributed by atoms with Gasteiger partial charge in [-0.25, -0.2) is 9.98 Å². The molecule has 0 spiro atoms. The smallest absolute Gasteiger partial charge is 0.191 e. The van der Waals surface area contributed by atoms with Gasteiger partial charge in [0.25, 0.3) is 0 Å². The van der Waals surface area contributed by atoms with Crippen molar-refractivity contribution in [1.29, 1.82) is 0 Å². The van der Waals surface area contributed by atoms with E-state index in [9.17, 15) is 5.11 Å². The molecular formula is C18H28N4OS2. The van der Waals surface area contributed by atoms with Crippen LogP contribution in [0.1, 0.15) is 43.0 Å². The van der Waals surface area contributed by atoms with Gasteiger partial charge in [0, 0.05) is 24.2 Å². The third-order valence-corrected chi connectivity index (χ3v) is 5.52. The molecule has 0 saturated heterocycles. The van der Waals surface area contributed by atoms with E-state index >= 15 is 0 Å². The maximum Gasteiger partial charge on any atom is 0.191 e. The molecule has 7 heteroatoms. The first-order valence-electron chi connectivity index (χ1n) is 8.69. The average Bonchev–Trinajstić information content (AvgIpc) is 3.24. The first-order chi connectivity index (χ1) is 12.0. The van der Waals surface area contributed by atoms with Crippen LogP contribution in [0.25, 0.3) is 0 Å². The summed E-state index contributed by atoms with van der Waals surface area (Å²) in [7, 11) is 0. The van der Waals surface area contributed by atoms with E-state index in [1.165, 1.54) is 5.01 Å². The van der Waals surface area contributed by atoms with Crippen molar-refractivity contribution in [2.75, 3.05) is 19.6 Å². The number of hydrogen-bond donors (Lipinski definition) is 3. The van der Waals surface area contributed by atoms with E-state index in [4.69, 9.17) is 0 Å². The molecule has 25 heavy (non-hydrogen) atoms. The van der Waals surface area contributed by atoms with Gasteiger partial charge in [0.2, 0.25) is 0 Å². The highest BCUT2D eigenvalue weighted by Gasteiger charge is 2.23. The number of hydrogen-bond acceptors (Lipinski definition) is 5. The first-order valence-corrected chi connectivity index (χ1v) is 10.5. The maximum absolute atomic E-state index is 10.6. The standard InChI is InChI=1S/C18H28N4OS2/c1-4-19-17(21-13-18(3,23)15-8-10-24-12-15)20-9-6-5-7-16-22-14(2)11-25-16/h8,10-12,23H,4-7,9,13H2,1-3H3,(H2,19,20,21). The lowest BCUT2D eigenvalue weighted by Crippen LogP contribution is -2.39. The molecule has 2 heterocycles. The number of aryl methyl sites for hydroxylation is 2. The van der Waals surface area contributed by atoms with E-state index in [0.717, 1.165) is 49.6 Å². The summed E-state index contributed by atoms with van der Waals surface area (Å²) in [6, 6.07) is 1.95. The Labute approximate surface area is 158 Å². The quantitative estimate of drug-likeness (QED) is 0.355. The van der Waals surface area contributed by atoms with Gasteiger partial charge >= 0.3 is 0 Å². The summed E-state index contributed by atoms with van der Waals surface area (Å²) in [4.78, 5) is 9.03. The van der Waals surface area contributed by atoms with Crippen molar-refractivity contribution in [2.24, 2.45) is 4.99 Å². The summed E-state index contributed by atoms with van der Waals surface area (Å²) >= 11 is 3.32. The summed E-state index contributed by atoms with van der Waals surface area (Å²) < 4.78 is 0. The zero-order chi connectivity index (χ0) is 18.1. The average molecular weight is 381 g/mol. The van der Waals surface area contributed by atoms with Crippen molar-refractivity contribution in [3.8, 4) is 0 Å². The summed E-state index contributed by atoms with van der Waals surface area (Å²) in [5, 5.41) is 24.4. The molecule has 2 aromatic rings. The molecule has 2 aromatic heterocycles. The molecule has 0 amide bonds. The van der Waals surface area contributed by atoms with Crippen LogP contribution in [0.4, 0.5) is 0 Å². The number of aliphatic imine (C=N–C) groups is 1. The maximum atomic E-state index is 10.6. The van der Waals surface area contributed by atoms with Gasteiger partial charge in [0.1, 0.15) is 5.60 Å². The van der Waals surface area contributed by atoms with Crippen LogP contribution in [-0.2, 0) is 12.0 Å². The van der Waals surface area contributed by atoms with Gasteiger partial charge < -0.3 is 15.7 Å². The predicted molar refractivity (Wildman–Crippen MR) is 108 cm³/mol. The Bertz CT molecular complexity index is 650. The number of nitrogens with one attached hydrogen (secondary N) is 2. The Balaban J connectivity index is 1.75. The zero-order valence-corrected chi connectivity index (χ0v) is 16.8. The first kappa shape index (κ1) is 19.9. The monoisotopic (exact) mass is 380 g/mol. The van der Waals surface area contributed by atoms with E-state index in [2.05, 4.69) is 26.0 Å². The molecule has 0 aliphatic carbocycles. The van der Waals surface area contributed by atoms with E-state index in [0.29, 0.717) is 6.54 Å². The molecule has 0 radical (unpaired) electrons. The fraction of sp³-hybridized carbons (Fsp3) is 0.556. The van der Waals surface area contributed by atoms with Gasteiger partial charge in [0.05, 0.1) is 11.6 Å². The van der Waals surface area contributed by atoms with Crippen LogP contribution in [0, 0.1) is 6.92 Å². The minimum Gasteiger partial charge on any atom is -0.383 e. The second-order valence-electron chi connectivity index (χ2n) is 6.25. The number of thiazole rings is 1. The lowest BCUT2D eigenvalue weighted by molar-refractivity contribution is 0.0677. The molecule has 1 unspecified atom stereocenters. The third-order valence-electron chi connectivity index (χ3n) is 3.81. The predicted octanol–water partition coefficient (Wildman–Crippen LogP) is 3.30. The van der Waals surface area contributed by atoms with Crippen LogP contribution < -0.4 is 10.6 Å². The molecule has 0 aromatic carbocycles. The summed E-state index contributed by atoms with van der Waals surface area (Å²) in [5.41, 5.74) is 1.08. The normalized spacial score (nSPS) is 14.3. The molecule has 0 bridgehead atoms. The molecule has 1 atom stereocenters. The molecule has 0 aliphatic heterocycles. The van der Waals surface area contributed by atoms with Crippen molar-refractivity contribution >= 4 is 28.6 Å². The summed E-state index contributed by atoms with van der Waals surface area (Å²) in [6.07, 6.45) is 3.19. The Morgan fingerprint density at radius 3 is 2.80 bits per heavy atom. The minimum atomic E-state index is -0.939. The van der Waals surface area contributed by atoms with E-state index < -0.39 is 5.60 Å². The van der Waals surface area contributed by atoms with Crippen LogP contribution in [0.3, 0.4) is 0 Å². The minimum absolute atomic E-state index is 0.331. The number of unbranched alkanes of at least 4 members (excludes halogenated alkanes) is 1. The summed E-state index contributed by atoms with van der Waals surface area (Å²) in [6.45, 7) is 7.86. The van der Waals surface area contributed by atoms with Crippen molar-refractivity contribution in [2.45, 2.75) is 45.6 Å². The van der Waals surface area contributed by atoms with Crippen LogP contribution in [-0.4, -0.2) is 35.7 Å². The van der Waals surface area contributed by atoms with Gasteiger partial charge in [-0.15, -0.1) is 11.3 Å². The Morgan fingerprint density at radius 2 is 2.16 bits per heavy atom. The van der Waals surface area contributed by atoms with Gasteiger partial charge in [-0.05, 0) is 62.4 Å². The van der Waals surface area contributed by atoms with Gasteiger partial charge in [-0.2, -0.15) is 11.3 Å². The van der Waals surface area contributed by atoms with Crippen LogP contribution >= 0.6 is 22.7 Å².